The van der Waals surface area contributed by atoms with Crippen molar-refractivity contribution in [1.82, 2.24) is 5.32 Å². The summed E-state index contributed by atoms with van der Waals surface area (Å²) in [6, 6.07) is 9.94. The van der Waals surface area contributed by atoms with E-state index < -0.39 is 17.7 Å². The largest absolute Gasteiger partial charge is 0.493 e. The number of nitrogens with one attached hydrogen (secondary N) is 1. The molecule has 6 nitrogen and oxygen atoms in total. The van der Waals surface area contributed by atoms with Gasteiger partial charge in [-0.05, 0) is 35.9 Å². The maximum absolute atomic E-state index is 12.9. The molecule has 3 N–H and O–H groups in total. The van der Waals surface area contributed by atoms with Crippen molar-refractivity contribution < 1.29 is 27.8 Å². The number of hydrogen-bond donors (Lipinski definition) is 2. The van der Waals surface area contributed by atoms with Gasteiger partial charge >= 0.3 is 0 Å². The minimum atomic E-state index is -2.67. The Kier molecular flexibility index (Phi) is 7.26. The minimum absolute atomic E-state index is 0. The minimum Gasteiger partial charge on any atom is -0.493 e. The summed E-state index contributed by atoms with van der Waals surface area (Å²) in [4.78, 5) is 12.2. The first kappa shape index (κ1) is 22.7. The normalized spacial score (nSPS) is 16.4. The van der Waals surface area contributed by atoms with Crippen molar-refractivity contribution in [3.63, 3.8) is 0 Å². The van der Waals surface area contributed by atoms with Crippen molar-refractivity contribution in [3.05, 3.63) is 47.5 Å². The van der Waals surface area contributed by atoms with E-state index >= 15 is 0 Å². The van der Waals surface area contributed by atoms with Gasteiger partial charge in [0, 0.05) is 31.0 Å². The second-order valence-corrected chi connectivity index (χ2v) is 6.53. The number of alkyl halides is 2. The summed E-state index contributed by atoms with van der Waals surface area (Å²) in [5.74, 6) is -2.21. The van der Waals surface area contributed by atoms with E-state index in [1.807, 2.05) is 6.07 Å². The molecule has 1 aliphatic rings. The lowest BCUT2D eigenvalue weighted by molar-refractivity contribution is 0.0895. The monoisotopic (exact) mass is 428 g/mol. The number of carbonyl (C=O) groups excluding carboxylic acids is 1. The molecule has 0 aromatic heterocycles. The van der Waals surface area contributed by atoms with Crippen LogP contribution in [0.3, 0.4) is 0 Å². The lowest BCUT2D eigenvalue weighted by Crippen LogP contribution is -2.26. The summed E-state index contributed by atoms with van der Waals surface area (Å²) in [7, 11) is 2.97. The van der Waals surface area contributed by atoms with Crippen molar-refractivity contribution >= 4 is 18.3 Å². The third kappa shape index (κ3) is 5.27. The molecule has 1 amide bonds. The first-order chi connectivity index (χ1) is 13.4. The molecule has 29 heavy (non-hydrogen) atoms. The van der Waals surface area contributed by atoms with Gasteiger partial charge in [-0.3, -0.25) is 4.79 Å². The average molecular weight is 429 g/mol. The molecule has 1 aliphatic carbocycles. The Bertz CT molecular complexity index is 880. The molecule has 3 rings (SSSR count). The van der Waals surface area contributed by atoms with E-state index in [0.717, 1.165) is 5.56 Å². The second-order valence-electron chi connectivity index (χ2n) is 6.53. The Labute approximate surface area is 173 Å². The van der Waals surface area contributed by atoms with Crippen LogP contribution in [0.4, 0.5) is 8.78 Å². The van der Waals surface area contributed by atoms with Gasteiger partial charge in [0.1, 0.15) is 0 Å². The maximum Gasteiger partial charge on any atom is 0.253 e. The number of rotatable bonds is 8. The highest BCUT2D eigenvalue weighted by atomic mass is 35.5. The number of halogens is 3. The van der Waals surface area contributed by atoms with E-state index in [9.17, 15) is 13.6 Å². The number of amides is 1. The molecule has 158 valence electrons. The molecule has 9 heteroatoms. The number of methoxy groups -OCH3 is 2. The van der Waals surface area contributed by atoms with Crippen LogP contribution in [-0.2, 0) is 6.54 Å². The zero-order valence-electron chi connectivity index (χ0n) is 16.0. The number of benzene rings is 2. The summed E-state index contributed by atoms with van der Waals surface area (Å²) in [6.45, 7) is 0.313. The molecular formula is C20H23ClF2N2O4. The molecule has 0 saturated heterocycles. The van der Waals surface area contributed by atoms with Crippen LogP contribution < -0.4 is 25.3 Å². The topological polar surface area (TPSA) is 82.8 Å². The highest BCUT2D eigenvalue weighted by Gasteiger charge is 2.56. The molecule has 1 unspecified atom stereocenters. The van der Waals surface area contributed by atoms with Gasteiger partial charge < -0.3 is 25.3 Å². The number of ether oxygens (including phenoxy) is 3. The maximum atomic E-state index is 12.9. The van der Waals surface area contributed by atoms with Crippen LogP contribution in [0.5, 0.6) is 23.0 Å². The van der Waals surface area contributed by atoms with E-state index in [0.29, 0.717) is 35.1 Å². The van der Waals surface area contributed by atoms with Crippen LogP contribution in [0.25, 0.3) is 0 Å². The standard InChI is InChI=1S/C20H22F2N2O4.ClH/c1-26-17-7-12(10-23)3-5-15(17)28-16-6-4-13(8-18(16)27-2)19(25)24-11-14-9-20(14,21)22;/h3-8,14H,9-11,23H2,1-2H3,(H,24,25);1H. The number of carbonyl (C=O) groups is 1. The second kappa shape index (κ2) is 9.28. The molecule has 2 aromatic rings. The molecule has 0 bridgehead atoms. The van der Waals surface area contributed by atoms with Crippen molar-refractivity contribution in [3.8, 4) is 23.0 Å². The fourth-order valence-corrected chi connectivity index (χ4v) is 2.74. The SMILES string of the molecule is COc1cc(CN)ccc1Oc1ccc(C(=O)NCC2CC2(F)F)cc1OC.Cl. The predicted octanol–water partition coefficient (Wildman–Crippen LogP) is 3.76. The van der Waals surface area contributed by atoms with Gasteiger partial charge in [-0.1, -0.05) is 6.07 Å². The molecule has 1 fully saturated rings. The Morgan fingerprint density at radius 2 is 1.69 bits per heavy atom. The van der Waals surface area contributed by atoms with E-state index in [1.165, 1.54) is 20.3 Å². The van der Waals surface area contributed by atoms with E-state index in [1.54, 1.807) is 24.3 Å². The van der Waals surface area contributed by atoms with Gasteiger partial charge in [-0.2, -0.15) is 0 Å². The molecule has 0 radical (unpaired) electrons. The molecular weight excluding hydrogens is 406 g/mol. The van der Waals surface area contributed by atoms with Gasteiger partial charge in [0.2, 0.25) is 0 Å². The number of nitrogens with two attached hydrogens (primary N) is 1. The lowest BCUT2D eigenvalue weighted by atomic mass is 10.1. The fourth-order valence-electron chi connectivity index (χ4n) is 2.74. The third-order valence-corrected chi connectivity index (χ3v) is 4.57. The summed E-state index contributed by atoms with van der Waals surface area (Å²) < 4.78 is 42.4. The summed E-state index contributed by atoms with van der Waals surface area (Å²) in [5, 5.41) is 2.52. The molecule has 1 atom stereocenters. The molecule has 0 aliphatic heterocycles. The third-order valence-electron chi connectivity index (χ3n) is 4.57. The Morgan fingerprint density at radius 1 is 1.10 bits per heavy atom. The Balaban J connectivity index is 0.00000300. The van der Waals surface area contributed by atoms with Gasteiger partial charge in [0.15, 0.2) is 23.0 Å². The highest BCUT2D eigenvalue weighted by molar-refractivity contribution is 5.94. The molecule has 0 spiro atoms. The number of hydrogen-bond acceptors (Lipinski definition) is 5. The summed E-state index contributed by atoms with van der Waals surface area (Å²) in [6.07, 6.45) is -0.186. The van der Waals surface area contributed by atoms with Crippen LogP contribution in [-0.4, -0.2) is 32.6 Å². The van der Waals surface area contributed by atoms with Gasteiger partial charge in [0.05, 0.1) is 14.2 Å². The van der Waals surface area contributed by atoms with Crippen LogP contribution >= 0.6 is 12.4 Å². The van der Waals surface area contributed by atoms with Crippen LogP contribution in [0.2, 0.25) is 0 Å². The van der Waals surface area contributed by atoms with Crippen LogP contribution in [0.15, 0.2) is 36.4 Å². The highest BCUT2D eigenvalue weighted by Crippen LogP contribution is 2.48. The first-order valence-corrected chi connectivity index (χ1v) is 8.77. The van der Waals surface area contributed by atoms with Gasteiger partial charge in [0.25, 0.3) is 11.8 Å². The van der Waals surface area contributed by atoms with E-state index in [-0.39, 0.29) is 25.4 Å². The Hall–Kier alpha value is -2.58. The molecule has 0 heterocycles. The predicted molar refractivity (Wildman–Crippen MR) is 107 cm³/mol. The van der Waals surface area contributed by atoms with Gasteiger partial charge in [-0.25, -0.2) is 8.78 Å². The molecule has 2 aromatic carbocycles. The van der Waals surface area contributed by atoms with E-state index in [4.69, 9.17) is 19.9 Å². The fraction of sp³-hybridized carbons (Fsp3) is 0.350. The lowest BCUT2D eigenvalue weighted by Gasteiger charge is -2.15. The van der Waals surface area contributed by atoms with Crippen molar-refractivity contribution in [1.29, 1.82) is 0 Å². The summed E-state index contributed by atoms with van der Waals surface area (Å²) >= 11 is 0. The van der Waals surface area contributed by atoms with Crippen LogP contribution in [0.1, 0.15) is 22.3 Å². The van der Waals surface area contributed by atoms with E-state index in [2.05, 4.69) is 5.32 Å². The zero-order chi connectivity index (χ0) is 20.3. The van der Waals surface area contributed by atoms with Crippen molar-refractivity contribution in [2.45, 2.75) is 18.9 Å². The quantitative estimate of drug-likeness (QED) is 0.669. The summed E-state index contributed by atoms with van der Waals surface area (Å²) in [5.41, 5.74) is 6.82. The van der Waals surface area contributed by atoms with Crippen molar-refractivity contribution in [2.24, 2.45) is 11.7 Å². The van der Waals surface area contributed by atoms with Crippen molar-refractivity contribution in [2.75, 3.05) is 20.8 Å². The van der Waals surface area contributed by atoms with Gasteiger partial charge in [-0.15, -0.1) is 12.4 Å². The Morgan fingerprint density at radius 3 is 2.24 bits per heavy atom. The molecule has 1 saturated carbocycles. The van der Waals surface area contributed by atoms with Crippen LogP contribution in [0, 0.1) is 5.92 Å². The average Bonchev–Trinajstić information content (AvgIpc) is 3.33. The first-order valence-electron chi connectivity index (χ1n) is 8.77. The zero-order valence-corrected chi connectivity index (χ0v) is 16.9. The smallest absolute Gasteiger partial charge is 0.253 e.